The number of aromatic nitrogens is 1. The number of morpholine rings is 1. The fraction of sp³-hybridized carbons (Fsp3) is 0.462. The van der Waals surface area contributed by atoms with Gasteiger partial charge in [-0.25, -0.2) is 9.78 Å². The molecule has 2 heterocycles. The second-order valence-electron chi connectivity index (χ2n) is 4.51. The molecule has 1 amide bonds. The minimum atomic E-state index is -1.08. The van der Waals surface area contributed by atoms with E-state index in [1.807, 2.05) is 6.92 Å². The van der Waals surface area contributed by atoms with Gasteiger partial charge in [0, 0.05) is 23.8 Å². The molecule has 1 aliphatic rings. The molecule has 0 aromatic carbocycles. The van der Waals surface area contributed by atoms with Crippen LogP contribution < -0.4 is 10.2 Å². The highest BCUT2D eigenvalue weighted by Crippen LogP contribution is 2.25. The summed E-state index contributed by atoms with van der Waals surface area (Å²) < 4.78 is 5.91. The van der Waals surface area contributed by atoms with Crippen molar-refractivity contribution in [1.82, 2.24) is 10.3 Å². The molecular weight excluding hydrogens is 342 g/mol. The van der Waals surface area contributed by atoms with Crippen molar-refractivity contribution in [2.75, 3.05) is 31.2 Å². The van der Waals surface area contributed by atoms with Crippen molar-refractivity contribution in [2.24, 2.45) is 0 Å². The largest absolute Gasteiger partial charge is 0.478 e. The maximum absolute atomic E-state index is 12.1. The number of carbonyl (C=O) groups is 2. The summed E-state index contributed by atoms with van der Waals surface area (Å²) in [5.74, 6) is -0.997. The normalized spacial score (nSPS) is 18.4. The molecule has 1 aromatic rings. The Kier molecular flexibility index (Phi) is 5.13. The second kappa shape index (κ2) is 6.86. The van der Waals surface area contributed by atoms with Crippen molar-refractivity contribution in [2.45, 2.75) is 13.0 Å². The number of pyridine rings is 1. The third-order valence-electron chi connectivity index (χ3n) is 3.12. The highest BCUT2D eigenvalue weighted by atomic mass is 79.9. The van der Waals surface area contributed by atoms with E-state index in [2.05, 4.69) is 26.2 Å². The van der Waals surface area contributed by atoms with E-state index in [-0.39, 0.29) is 23.9 Å². The lowest BCUT2D eigenvalue weighted by Gasteiger charge is -2.36. The number of carboxylic acids is 1. The molecule has 0 aliphatic carbocycles. The first-order chi connectivity index (χ1) is 10.0. The fourth-order valence-electron chi connectivity index (χ4n) is 2.18. The summed E-state index contributed by atoms with van der Waals surface area (Å²) in [5.41, 5.74) is 0.0561. The molecule has 114 valence electrons. The maximum Gasteiger partial charge on any atom is 0.339 e. The van der Waals surface area contributed by atoms with Crippen LogP contribution in [0.5, 0.6) is 0 Å². The molecule has 0 saturated carbocycles. The number of hydrogen-bond donors (Lipinski definition) is 2. The molecule has 2 rings (SSSR count). The van der Waals surface area contributed by atoms with Crippen LogP contribution in [0.15, 0.2) is 16.7 Å². The van der Waals surface area contributed by atoms with E-state index >= 15 is 0 Å². The van der Waals surface area contributed by atoms with Crippen molar-refractivity contribution >= 4 is 33.6 Å². The van der Waals surface area contributed by atoms with Gasteiger partial charge in [0.25, 0.3) is 0 Å². The third-order valence-corrected chi connectivity index (χ3v) is 3.55. The lowest BCUT2D eigenvalue weighted by molar-refractivity contribution is -0.124. The number of carboxylic acid groups (broad SMARTS) is 1. The van der Waals surface area contributed by atoms with Gasteiger partial charge < -0.3 is 20.1 Å². The van der Waals surface area contributed by atoms with Gasteiger partial charge in [0.05, 0.1) is 13.2 Å². The summed E-state index contributed by atoms with van der Waals surface area (Å²) in [6, 6.07) is 0.903. The summed E-state index contributed by atoms with van der Waals surface area (Å²) in [7, 11) is 0. The van der Waals surface area contributed by atoms with Gasteiger partial charge in [-0.1, -0.05) is 0 Å². The quantitative estimate of drug-likeness (QED) is 0.831. The number of anilines is 1. The van der Waals surface area contributed by atoms with Gasteiger partial charge in [0.2, 0.25) is 5.91 Å². The third kappa shape index (κ3) is 3.51. The van der Waals surface area contributed by atoms with Crippen LogP contribution in [0.1, 0.15) is 17.3 Å². The average Bonchev–Trinajstić information content (AvgIpc) is 2.47. The summed E-state index contributed by atoms with van der Waals surface area (Å²) in [5, 5.41) is 12.1. The zero-order chi connectivity index (χ0) is 15.4. The van der Waals surface area contributed by atoms with Crippen molar-refractivity contribution in [3.8, 4) is 0 Å². The van der Waals surface area contributed by atoms with Crippen molar-refractivity contribution in [3.05, 3.63) is 22.3 Å². The molecule has 1 aromatic heterocycles. The molecule has 21 heavy (non-hydrogen) atoms. The Morgan fingerprint density at radius 2 is 2.38 bits per heavy atom. The van der Waals surface area contributed by atoms with E-state index in [1.54, 1.807) is 4.90 Å². The van der Waals surface area contributed by atoms with Crippen LogP contribution in [0.25, 0.3) is 0 Å². The highest BCUT2D eigenvalue weighted by molar-refractivity contribution is 9.10. The van der Waals surface area contributed by atoms with Crippen molar-refractivity contribution in [1.29, 1.82) is 0 Å². The monoisotopic (exact) mass is 357 g/mol. The topological polar surface area (TPSA) is 91.8 Å². The van der Waals surface area contributed by atoms with Gasteiger partial charge in [-0.2, -0.15) is 0 Å². The van der Waals surface area contributed by atoms with E-state index in [0.717, 1.165) is 0 Å². The summed E-state index contributed by atoms with van der Waals surface area (Å²) in [6.07, 6.45) is 1.52. The predicted octanol–water partition coefficient (Wildman–Crippen LogP) is 0.884. The molecule has 1 aliphatic heterocycles. The molecule has 7 nitrogen and oxygen atoms in total. The summed E-state index contributed by atoms with van der Waals surface area (Å²) in [6.45, 7) is 3.38. The molecule has 0 spiro atoms. The number of amides is 1. The van der Waals surface area contributed by atoms with Crippen molar-refractivity contribution < 1.29 is 19.4 Å². The van der Waals surface area contributed by atoms with Gasteiger partial charge in [-0.3, -0.25) is 4.79 Å². The number of ether oxygens (including phenoxy) is 1. The summed E-state index contributed by atoms with van der Waals surface area (Å²) >= 11 is 3.21. The molecule has 1 unspecified atom stereocenters. The minimum Gasteiger partial charge on any atom is -0.478 e. The van der Waals surface area contributed by atoms with Gasteiger partial charge in [-0.15, -0.1) is 0 Å². The van der Waals surface area contributed by atoms with Crippen LogP contribution in [-0.4, -0.2) is 54.3 Å². The first-order valence-electron chi connectivity index (χ1n) is 6.55. The zero-order valence-corrected chi connectivity index (χ0v) is 13.1. The zero-order valence-electron chi connectivity index (χ0n) is 11.5. The molecule has 1 saturated heterocycles. The Bertz CT molecular complexity index is 552. The van der Waals surface area contributed by atoms with E-state index in [0.29, 0.717) is 24.2 Å². The van der Waals surface area contributed by atoms with E-state index in [1.165, 1.54) is 12.3 Å². The molecule has 0 bridgehead atoms. The first kappa shape index (κ1) is 15.7. The van der Waals surface area contributed by atoms with Crippen LogP contribution >= 0.6 is 15.9 Å². The van der Waals surface area contributed by atoms with Crippen molar-refractivity contribution in [3.63, 3.8) is 0 Å². The number of halogens is 1. The van der Waals surface area contributed by atoms with Crippen LogP contribution in [0, 0.1) is 0 Å². The number of rotatable bonds is 4. The van der Waals surface area contributed by atoms with Gasteiger partial charge in [0.1, 0.15) is 17.4 Å². The molecule has 0 radical (unpaired) electrons. The molecule has 1 atom stereocenters. The SMILES string of the molecule is CCNC(=O)C1COCCN1c1ncc(Br)cc1C(=O)O. The summed E-state index contributed by atoms with van der Waals surface area (Å²) in [4.78, 5) is 29.4. The van der Waals surface area contributed by atoms with E-state index in [4.69, 9.17) is 4.74 Å². The lowest BCUT2D eigenvalue weighted by atomic mass is 10.1. The van der Waals surface area contributed by atoms with Gasteiger partial charge in [-0.05, 0) is 28.9 Å². The highest BCUT2D eigenvalue weighted by Gasteiger charge is 2.32. The number of carbonyl (C=O) groups excluding carboxylic acids is 1. The smallest absolute Gasteiger partial charge is 0.339 e. The number of hydrogen-bond acceptors (Lipinski definition) is 5. The minimum absolute atomic E-state index is 0.0561. The van der Waals surface area contributed by atoms with Crippen LogP contribution in [0.4, 0.5) is 5.82 Å². The Labute approximate surface area is 130 Å². The predicted molar refractivity (Wildman–Crippen MR) is 79.5 cm³/mol. The molecule has 2 N–H and O–H groups in total. The van der Waals surface area contributed by atoms with E-state index < -0.39 is 12.0 Å². The number of likely N-dealkylation sites (N-methyl/N-ethyl adjacent to an activating group) is 1. The Hall–Kier alpha value is -1.67. The average molecular weight is 358 g/mol. The lowest BCUT2D eigenvalue weighted by Crippen LogP contribution is -2.54. The number of nitrogens with zero attached hydrogens (tertiary/aromatic N) is 2. The van der Waals surface area contributed by atoms with Crippen LogP contribution in [0.2, 0.25) is 0 Å². The Morgan fingerprint density at radius 3 is 3.05 bits per heavy atom. The molecule has 1 fully saturated rings. The Balaban J connectivity index is 2.37. The van der Waals surface area contributed by atoms with Crippen LogP contribution in [0.3, 0.4) is 0 Å². The first-order valence-corrected chi connectivity index (χ1v) is 7.34. The maximum atomic E-state index is 12.1. The van der Waals surface area contributed by atoms with Gasteiger partial charge in [0.15, 0.2) is 0 Å². The number of nitrogens with one attached hydrogen (secondary N) is 1. The molecular formula is C13H16BrN3O4. The van der Waals surface area contributed by atoms with E-state index in [9.17, 15) is 14.7 Å². The standard InChI is InChI=1S/C13H16BrN3O4/c1-2-15-12(18)10-7-21-4-3-17(10)11-9(13(19)20)5-8(14)6-16-11/h5-6,10H,2-4,7H2,1H3,(H,15,18)(H,19,20). The second-order valence-corrected chi connectivity index (χ2v) is 5.42. The Morgan fingerprint density at radius 1 is 1.62 bits per heavy atom. The fourth-order valence-corrected chi connectivity index (χ4v) is 2.52. The molecule has 8 heteroatoms. The van der Waals surface area contributed by atoms with Gasteiger partial charge >= 0.3 is 5.97 Å². The number of aromatic carboxylic acids is 1. The van der Waals surface area contributed by atoms with Crippen LogP contribution in [-0.2, 0) is 9.53 Å².